The van der Waals surface area contributed by atoms with E-state index in [0.717, 1.165) is 50.7 Å². The van der Waals surface area contributed by atoms with Crippen LogP contribution in [-0.2, 0) is 12.3 Å². The summed E-state index contributed by atoms with van der Waals surface area (Å²) in [5.41, 5.74) is -2.83. The summed E-state index contributed by atoms with van der Waals surface area (Å²) in [4.78, 5) is 0. The third-order valence-electron chi connectivity index (χ3n) is 5.87. The fourth-order valence-electron chi connectivity index (χ4n) is 4.30. The Labute approximate surface area is 180 Å². The highest BCUT2D eigenvalue weighted by Gasteiger charge is 2.41. The Morgan fingerprint density at radius 2 is 1.44 bits per heavy atom. The van der Waals surface area contributed by atoms with Crippen LogP contribution in [-0.4, -0.2) is 0 Å². The molecule has 0 spiro atoms. The minimum absolute atomic E-state index is 0.0131. The van der Waals surface area contributed by atoms with Crippen LogP contribution in [0.25, 0.3) is 0 Å². The number of hydrogen-bond acceptors (Lipinski definition) is 1. The van der Waals surface area contributed by atoms with Gasteiger partial charge in [0.05, 0.1) is 5.56 Å². The smallest absolute Gasteiger partial charge is 0.429 e. The van der Waals surface area contributed by atoms with E-state index < -0.39 is 46.6 Å². The average Bonchev–Trinajstić information content (AvgIpc) is 2.66. The van der Waals surface area contributed by atoms with Crippen molar-refractivity contribution in [3.8, 4) is 5.75 Å². The molecule has 1 fully saturated rings. The highest BCUT2D eigenvalue weighted by Crippen LogP contribution is 2.41. The van der Waals surface area contributed by atoms with Crippen molar-refractivity contribution in [2.24, 2.45) is 5.92 Å². The first kappa shape index (κ1) is 24.3. The van der Waals surface area contributed by atoms with Gasteiger partial charge in [-0.2, -0.15) is 22.0 Å². The van der Waals surface area contributed by atoms with Crippen molar-refractivity contribution in [2.75, 3.05) is 0 Å². The van der Waals surface area contributed by atoms with E-state index >= 15 is 0 Å². The molecule has 176 valence electrons. The molecule has 1 nitrogen and oxygen atoms in total. The molecule has 1 saturated carbocycles. The van der Waals surface area contributed by atoms with Gasteiger partial charge in [0.1, 0.15) is 28.8 Å². The molecule has 0 atom stereocenters. The van der Waals surface area contributed by atoms with Crippen molar-refractivity contribution < 1.29 is 39.9 Å². The van der Waals surface area contributed by atoms with Crippen LogP contribution < -0.4 is 4.74 Å². The Kier molecular flexibility index (Phi) is 7.05. The highest BCUT2D eigenvalue weighted by molar-refractivity contribution is 5.34. The van der Waals surface area contributed by atoms with Crippen LogP contribution in [0.2, 0.25) is 0 Å². The molecule has 0 N–H and O–H groups in total. The van der Waals surface area contributed by atoms with Crippen LogP contribution in [0.15, 0.2) is 30.3 Å². The predicted molar refractivity (Wildman–Crippen MR) is 102 cm³/mol. The largest absolute Gasteiger partial charge is 0.429 e. The third-order valence-corrected chi connectivity index (χ3v) is 5.87. The van der Waals surface area contributed by atoms with Gasteiger partial charge in [-0.1, -0.05) is 25.8 Å². The lowest BCUT2D eigenvalue weighted by molar-refractivity contribution is -0.187. The number of ether oxygens (including phenoxy) is 1. The monoisotopic (exact) mass is 466 g/mol. The fraction of sp³-hybridized carbons (Fsp3) is 0.478. The number of alkyl halides is 5. The summed E-state index contributed by atoms with van der Waals surface area (Å²) in [5, 5.41) is 0. The molecular weight excluding hydrogens is 444 g/mol. The summed E-state index contributed by atoms with van der Waals surface area (Å²) in [6, 6.07) is 3.15. The topological polar surface area (TPSA) is 9.23 Å². The first-order valence-electron chi connectivity index (χ1n) is 10.3. The molecule has 3 rings (SSSR count). The van der Waals surface area contributed by atoms with Gasteiger partial charge in [0.2, 0.25) is 0 Å². The number of rotatable bonds is 6. The summed E-state index contributed by atoms with van der Waals surface area (Å²) >= 11 is 0. The van der Waals surface area contributed by atoms with Gasteiger partial charge in [-0.25, -0.2) is 13.2 Å². The molecule has 32 heavy (non-hydrogen) atoms. The molecule has 0 saturated heterocycles. The molecule has 0 aromatic heterocycles. The van der Waals surface area contributed by atoms with Crippen molar-refractivity contribution in [3.05, 3.63) is 64.5 Å². The summed E-state index contributed by atoms with van der Waals surface area (Å²) in [5.74, 6) is -6.04. The maximum atomic E-state index is 14.5. The zero-order valence-corrected chi connectivity index (χ0v) is 17.2. The van der Waals surface area contributed by atoms with Gasteiger partial charge in [0.25, 0.3) is 0 Å². The molecule has 2 aromatic rings. The third kappa shape index (κ3) is 5.35. The van der Waals surface area contributed by atoms with Gasteiger partial charge in [-0.15, -0.1) is 0 Å². The van der Waals surface area contributed by atoms with Crippen molar-refractivity contribution >= 4 is 0 Å². The first-order valence-corrected chi connectivity index (χ1v) is 10.3. The molecule has 2 aromatic carbocycles. The van der Waals surface area contributed by atoms with Crippen LogP contribution in [0.1, 0.15) is 68.1 Å². The van der Waals surface area contributed by atoms with Gasteiger partial charge < -0.3 is 4.74 Å². The van der Waals surface area contributed by atoms with Gasteiger partial charge in [0, 0.05) is 12.1 Å². The first-order chi connectivity index (χ1) is 14.9. The predicted octanol–water partition coefficient (Wildman–Crippen LogP) is 8.32. The second kappa shape index (κ2) is 9.27. The standard InChI is InChI=1S/C23H22F8O/c1-2-3-13-4-6-14(7-5-13)15-8-9-17(18(24)10-15)23(30,31)32-16-11-19(25)21(20(26)12-16)22(27,28)29/h8-14H,2-7H2,1H3. The fourth-order valence-corrected chi connectivity index (χ4v) is 4.30. The maximum Gasteiger partial charge on any atom is 0.429 e. The van der Waals surface area contributed by atoms with E-state index in [-0.39, 0.29) is 18.1 Å². The van der Waals surface area contributed by atoms with Crippen molar-refractivity contribution in [3.63, 3.8) is 0 Å². The normalized spacial score (nSPS) is 19.8. The second-order valence-corrected chi connectivity index (χ2v) is 8.12. The summed E-state index contributed by atoms with van der Waals surface area (Å²) in [7, 11) is 0. The van der Waals surface area contributed by atoms with Crippen molar-refractivity contribution in [1.29, 1.82) is 0 Å². The summed E-state index contributed by atoms with van der Waals surface area (Å²) in [6.45, 7) is 2.11. The minimum Gasteiger partial charge on any atom is -0.429 e. The Bertz CT molecular complexity index is 922. The lowest BCUT2D eigenvalue weighted by atomic mass is 9.77. The van der Waals surface area contributed by atoms with E-state index in [0.29, 0.717) is 11.5 Å². The van der Waals surface area contributed by atoms with Gasteiger partial charge in [-0.3, -0.25) is 0 Å². The average molecular weight is 466 g/mol. The highest BCUT2D eigenvalue weighted by atomic mass is 19.4. The Morgan fingerprint density at radius 1 is 0.844 bits per heavy atom. The SMILES string of the molecule is CCCC1CCC(c2ccc(C(F)(F)Oc3cc(F)c(C(F)(F)F)c(F)c3)c(F)c2)CC1. The summed E-state index contributed by atoms with van der Waals surface area (Å²) < 4.78 is 113. The number of benzene rings is 2. The van der Waals surface area contributed by atoms with Gasteiger partial charge in [0.15, 0.2) is 0 Å². The molecule has 1 aliphatic carbocycles. The Hall–Kier alpha value is -2.32. The lowest BCUT2D eigenvalue weighted by Gasteiger charge is -2.29. The zero-order valence-electron chi connectivity index (χ0n) is 17.2. The molecule has 1 aliphatic rings. The van der Waals surface area contributed by atoms with Gasteiger partial charge in [-0.05, 0) is 55.2 Å². The van der Waals surface area contributed by atoms with Crippen molar-refractivity contribution in [2.45, 2.75) is 63.7 Å². The molecule has 0 bridgehead atoms. The van der Waals surface area contributed by atoms with Crippen LogP contribution in [0.3, 0.4) is 0 Å². The van der Waals surface area contributed by atoms with E-state index in [4.69, 9.17) is 0 Å². The molecule has 9 heteroatoms. The maximum absolute atomic E-state index is 14.5. The van der Waals surface area contributed by atoms with E-state index in [1.807, 2.05) is 0 Å². The van der Waals surface area contributed by atoms with E-state index in [1.165, 1.54) is 6.07 Å². The van der Waals surface area contributed by atoms with Crippen molar-refractivity contribution in [1.82, 2.24) is 0 Å². The second-order valence-electron chi connectivity index (χ2n) is 8.12. The van der Waals surface area contributed by atoms with E-state index in [9.17, 15) is 35.1 Å². The minimum atomic E-state index is -5.35. The molecular formula is C23H22F8O. The quantitative estimate of drug-likeness (QED) is 0.389. The molecule has 0 aliphatic heterocycles. The molecule has 0 unspecified atom stereocenters. The zero-order chi connectivity index (χ0) is 23.7. The van der Waals surface area contributed by atoms with Crippen LogP contribution >= 0.6 is 0 Å². The molecule has 0 radical (unpaired) electrons. The van der Waals surface area contributed by atoms with Crippen LogP contribution in [0, 0.1) is 23.4 Å². The van der Waals surface area contributed by atoms with E-state index in [1.54, 1.807) is 0 Å². The molecule has 0 amide bonds. The number of halogens is 8. The Balaban J connectivity index is 1.78. The van der Waals surface area contributed by atoms with Gasteiger partial charge >= 0.3 is 12.3 Å². The lowest BCUT2D eigenvalue weighted by Crippen LogP contribution is -2.24. The molecule has 0 heterocycles. The van der Waals surface area contributed by atoms with Crippen LogP contribution in [0.4, 0.5) is 35.1 Å². The van der Waals surface area contributed by atoms with E-state index in [2.05, 4.69) is 11.7 Å². The summed E-state index contributed by atoms with van der Waals surface area (Å²) in [6.07, 6.45) is -3.92. The Morgan fingerprint density at radius 3 is 1.94 bits per heavy atom. The number of hydrogen-bond donors (Lipinski definition) is 0. The van der Waals surface area contributed by atoms with Crippen LogP contribution in [0.5, 0.6) is 5.75 Å².